The second-order valence-electron chi connectivity index (χ2n) is 38.2. The van der Waals surface area contributed by atoms with Gasteiger partial charge < -0.3 is 37.9 Å². The molecule has 10 rings (SSSR count). The number of carbonyl (C=O) groups excluding carboxylic acids is 8. The zero-order valence-corrected chi connectivity index (χ0v) is 83.9. The van der Waals surface area contributed by atoms with E-state index in [0.29, 0.717) is 69.1 Å². The van der Waals surface area contributed by atoms with E-state index < -0.39 is 0 Å². The summed E-state index contributed by atoms with van der Waals surface area (Å²) >= 11 is 0. The molecule has 0 aromatic heterocycles. The van der Waals surface area contributed by atoms with Gasteiger partial charge in [-0.05, 0) is 338 Å². The van der Waals surface area contributed by atoms with Gasteiger partial charge in [-0.3, -0.25) is 38.4 Å². The smallest absolute Gasteiger partial charge is 0.306 e. The summed E-state index contributed by atoms with van der Waals surface area (Å²) in [6, 6.07) is 0. The largest absolute Gasteiger partial charge is 0.460 e. The quantitative estimate of drug-likeness (QED) is 0.0614. The molecule has 0 aromatic carbocycles. The first-order valence-corrected chi connectivity index (χ1v) is 49.2. The molecule has 0 amide bonds. The second kappa shape index (κ2) is 64.5. The van der Waals surface area contributed by atoms with Crippen molar-refractivity contribution in [1.29, 1.82) is 0 Å². The summed E-state index contributed by atoms with van der Waals surface area (Å²) in [6.07, 6.45) is 47.7. The van der Waals surface area contributed by atoms with E-state index in [1.807, 2.05) is 173 Å². The lowest BCUT2D eigenvalue weighted by Gasteiger charge is -2.61. The van der Waals surface area contributed by atoms with Crippen LogP contribution in [0, 0.1) is 46.8 Å². The Morgan fingerprint density at radius 3 is 0.797 bits per heavy atom. The van der Waals surface area contributed by atoms with Crippen LogP contribution in [0.5, 0.6) is 0 Å². The summed E-state index contributed by atoms with van der Waals surface area (Å²) in [6.45, 7) is 66.1. The molecule has 10 aliphatic rings. The van der Waals surface area contributed by atoms with Gasteiger partial charge in [0.25, 0.3) is 0 Å². The number of hydrogen-bond acceptors (Lipinski definition) is 16. The molecule has 10 aliphatic carbocycles. The standard InChI is InChI=1S/C17H28O2.2C13H24O2.C12H20O2.C11H20O2.C10H18O2.2C8H16O2.5C2H6/c1-4-5-15(18)19-16(2,3)17-9-12-6-13(10-17)8-14(7-12)11-17;2*1-4-8-12(14)15-13(2,3)11-9-6-5-7-10-11;1-3-4-11(13)14-12(2)8-9-5-6-10(12)7-9;1-3-7-10(12)13-11(2)8-5-4-6-9-11;1-3-6-9(11)12-10(2)7-4-5-8-10;2*1-5-6-7(9)10-8(2,3)4;5*1-2/h12-14H,4-11H2,1-3H3;2*11H,4-10H2,1-3H3;9-10H,3-8H2,1-2H3;3-9H2,1-2H3;3-8H2,1-2H3;2*5-6H2,1-4H3;5*1-2H3. The maximum atomic E-state index is 11.9. The lowest BCUT2D eigenvalue weighted by molar-refractivity contribution is -0.198. The van der Waals surface area contributed by atoms with Crippen molar-refractivity contribution in [3.05, 3.63) is 0 Å². The molecule has 700 valence electrons. The van der Waals surface area contributed by atoms with Crippen molar-refractivity contribution >= 4 is 47.8 Å². The van der Waals surface area contributed by atoms with Crippen LogP contribution in [-0.2, 0) is 76.3 Å². The highest BCUT2D eigenvalue weighted by molar-refractivity contribution is 5.72. The molecular formula is C102H196O16. The van der Waals surface area contributed by atoms with Gasteiger partial charge in [0.05, 0.1) is 0 Å². The zero-order chi connectivity index (χ0) is 91.6. The van der Waals surface area contributed by atoms with Gasteiger partial charge in [0, 0.05) is 56.8 Å². The summed E-state index contributed by atoms with van der Waals surface area (Å²) in [4.78, 5) is 90.5. The van der Waals surface area contributed by atoms with Gasteiger partial charge in [-0.25, -0.2) is 0 Å². The molecule has 0 heterocycles. The monoisotopic (exact) mass is 1680 g/mol. The fourth-order valence-electron chi connectivity index (χ4n) is 18.4. The third-order valence-electron chi connectivity index (χ3n) is 23.8. The van der Waals surface area contributed by atoms with E-state index in [9.17, 15) is 38.4 Å². The molecule has 10 fully saturated rings. The molecule has 0 saturated heterocycles. The van der Waals surface area contributed by atoms with Crippen LogP contribution in [0.15, 0.2) is 0 Å². The van der Waals surface area contributed by atoms with Crippen LogP contribution in [-0.4, -0.2) is 92.6 Å². The van der Waals surface area contributed by atoms with Gasteiger partial charge in [0.2, 0.25) is 0 Å². The third-order valence-corrected chi connectivity index (χ3v) is 23.8. The Kier molecular flexibility index (Phi) is 65.6. The van der Waals surface area contributed by atoms with Gasteiger partial charge in [0.1, 0.15) is 44.8 Å². The minimum Gasteiger partial charge on any atom is -0.460 e. The van der Waals surface area contributed by atoms with E-state index in [-0.39, 0.29) is 98.0 Å². The minimum absolute atomic E-state index is 0.00236. The number of ether oxygens (including phenoxy) is 8. The van der Waals surface area contributed by atoms with Crippen LogP contribution in [0.2, 0.25) is 0 Å². The Balaban J connectivity index is -0.000000624. The zero-order valence-electron chi connectivity index (χ0n) is 83.9. The molecule has 118 heavy (non-hydrogen) atoms. The van der Waals surface area contributed by atoms with Gasteiger partial charge in [0.15, 0.2) is 0 Å². The Labute approximate surface area is 729 Å². The van der Waals surface area contributed by atoms with Crippen molar-refractivity contribution in [3.63, 3.8) is 0 Å². The first-order chi connectivity index (χ1) is 55.4. The molecule has 16 heteroatoms. The topological polar surface area (TPSA) is 210 Å². The maximum absolute atomic E-state index is 11.9. The number of rotatable bonds is 25. The fraction of sp³-hybridized carbons (Fsp3) is 0.922. The van der Waals surface area contributed by atoms with Crippen molar-refractivity contribution < 1.29 is 76.3 Å². The van der Waals surface area contributed by atoms with Gasteiger partial charge in [-0.2, -0.15) is 0 Å². The Hall–Kier alpha value is -4.24. The highest BCUT2D eigenvalue weighted by atomic mass is 16.6. The lowest BCUT2D eigenvalue weighted by Crippen LogP contribution is -2.57. The molecule has 3 unspecified atom stereocenters. The molecule has 0 N–H and O–H groups in total. The molecule has 0 aliphatic heterocycles. The van der Waals surface area contributed by atoms with Crippen LogP contribution in [0.25, 0.3) is 0 Å². The van der Waals surface area contributed by atoms with Crippen molar-refractivity contribution in [2.45, 2.75) is 562 Å². The average Bonchev–Trinajstić information content (AvgIpc) is 1.00. The van der Waals surface area contributed by atoms with Crippen LogP contribution in [0.4, 0.5) is 0 Å². The second-order valence-corrected chi connectivity index (χ2v) is 38.2. The highest BCUT2D eigenvalue weighted by Gasteiger charge is 2.59. The van der Waals surface area contributed by atoms with Gasteiger partial charge in [-0.15, -0.1) is 0 Å². The van der Waals surface area contributed by atoms with E-state index in [2.05, 4.69) is 55.4 Å². The summed E-state index contributed by atoms with van der Waals surface area (Å²) in [5.74, 6) is 5.03. The summed E-state index contributed by atoms with van der Waals surface area (Å²) in [5, 5.41) is 0. The van der Waals surface area contributed by atoms with Gasteiger partial charge in [-0.1, -0.05) is 170 Å². The molecular weight excluding hydrogens is 1480 g/mol. The molecule has 3 atom stereocenters. The lowest BCUT2D eigenvalue weighted by atomic mass is 9.46. The van der Waals surface area contributed by atoms with Crippen LogP contribution in [0.3, 0.4) is 0 Å². The SMILES string of the molecule is CC.CC.CC.CC.CC.CCCC(=O)OC(C)(C)C.CCCC(=O)OC(C)(C)C.CCCC(=O)OC(C)(C)C12CC3CC(CC(C3)C1)C2.CCCC(=O)OC(C)(C)C1CCCCC1.CCCC(=O)OC(C)(C)C1CCCCC1.CCCC(=O)OC1(C)CC2CCC1C2.CCCC(=O)OC1(C)CCCC1.CCCC(=O)OC1(C)CCCCC1. The molecule has 0 radical (unpaired) electrons. The van der Waals surface area contributed by atoms with Crippen LogP contribution < -0.4 is 0 Å². The van der Waals surface area contributed by atoms with E-state index in [4.69, 9.17) is 37.9 Å². The number of fused-ring (bicyclic) bond motifs is 2. The van der Waals surface area contributed by atoms with E-state index in [1.165, 1.54) is 154 Å². The Morgan fingerprint density at radius 2 is 0.534 bits per heavy atom. The average molecular weight is 1680 g/mol. The molecule has 6 bridgehead atoms. The molecule has 0 spiro atoms. The maximum Gasteiger partial charge on any atom is 0.306 e. The van der Waals surface area contributed by atoms with Gasteiger partial charge >= 0.3 is 47.8 Å². The predicted molar refractivity (Wildman–Crippen MR) is 492 cm³/mol. The predicted octanol–water partition coefficient (Wildman–Crippen LogP) is 29.7. The number of carbonyl (C=O) groups is 8. The minimum atomic E-state index is -0.327. The van der Waals surface area contributed by atoms with Crippen molar-refractivity contribution in [3.8, 4) is 0 Å². The summed E-state index contributed by atoms with van der Waals surface area (Å²) in [7, 11) is 0. The van der Waals surface area contributed by atoms with Crippen molar-refractivity contribution in [2.75, 3.05) is 0 Å². The van der Waals surface area contributed by atoms with E-state index >= 15 is 0 Å². The van der Waals surface area contributed by atoms with Crippen LogP contribution >= 0.6 is 0 Å². The Bertz CT molecular complexity index is 2490. The summed E-state index contributed by atoms with van der Waals surface area (Å²) in [5.41, 5.74) is -1.55. The summed E-state index contributed by atoms with van der Waals surface area (Å²) < 4.78 is 43.7. The molecule has 0 aromatic rings. The number of hydrogen-bond donors (Lipinski definition) is 0. The first-order valence-electron chi connectivity index (χ1n) is 49.2. The fourth-order valence-corrected chi connectivity index (χ4v) is 18.4. The highest BCUT2D eigenvalue weighted by Crippen LogP contribution is 2.64. The molecule has 16 nitrogen and oxygen atoms in total. The van der Waals surface area contributed by atoms with Crippen molar-refractivity contribution in [2.24, 2.45) is 46.8 Å². The van der Waals surface area contributed by atoms with Crippen molar-refractivity contribution in [1.82, 2.24) is 0 Å². The van der Waals surface area contributed by atoms with Crippen LogP contribution in [0.1, 0.15) is 517 Å². The molecule has 10 saturated carbocycles. The number of esters is 8. The Morgan fingerprint density at radius 1 is 0.280 bits per heavy atom. The first kappa shape index (κ1) is 120. The van der Waals surface area contributed by atoms with E-state index in [0.717, 1.165) is 107 Å². The van der Waals surface area contributed by atoms with E-state index in [1.54, 1.807) is 0 Å². The third kappa shape index (κ3) is 51.8. The normalized spacial score (nSPS) is 22.7.